The summed E-state index contributed by atoms with van der Waals surface area (Å²) in [5.41, 5.74) is 3.94. The van der Waals surface area contributed by atoms with E-state index in [1.807, 2.05) is 48.5 Å². The molecule has 0 aliphatic heterocycles. The molecule has 0 aromatic heterocycles. The molecule has 0 heterocycles. The number of carboxylic acids is 1. The Morgan fingerprint density at radius 3 is 1.95 bits per heavy atom. The highest BCUT2D eigenvalue weighted by Gasteiger charge is 2.33. The van der Waals surface area contributed by atoms with Gasteiger partial charge in [0, 0.05) is 0 Å². The molecule has 0 saturated heterocycles. The van der Waals surface area contributed by atoms with Gasteiger partial charge in [-0.05, 0) is 22.3 Å². The lowest BCUT2D eigenvalue weighted by Gasteiger charge is -2.12. The lowest BCUT2D eigenvalue weighted by atomic mass is 9.96. The number of carbonyl (C=O) groups is 2. The van der Waals surface area contributed by atoms with Gasteiger partial charge in [0.1, 0.15) is 6.54 Å². The summed E-state index contributed by atoms with van der Waals surface area (Å²) in [7, 11) is 0. The lowest BCUT2D eigenvalue weighted by Crippen LogP contribution is -2.33. The second-order valence-electron chi connectivity index (χ2n) is 4.72. The highest BCUT2D eigenvalue weighted by atomic mass is 16.4. The molecule has 0 unspecified atom stereocenters. The number of fused-ring (bicyclic) bond motifs is 3. The summed E-state index contributed by atoms with van der Waals surface area (Å²) in [5.74, 6) is -1.75. The van der Waals surface area contributed by atoms with Crippen LogP contribution in [0.1, 0.15) is 17.0 Å². The normalized spacial score (nSPS) is 12.6. The van der Waals surface area contributed by atoms with Crippen LogP contribution in [0.4, 0.5) is 0 Å². The standard InChI is InChI=1S/C16H13NO3/c18-14(19)9-17-16(20)15-12-7-3-1-5-10(12)11-6-2-4-8-13(11)15/h1-8,15H,9H2,(H,17,20)(H,18,19). The highest BCUT2D eigenvalue weighted by molar-refractivity contribution is 5.97. The summed E-state index contributed by atoms with van der Waals surface area (Å²) >= 11 is 0. The van der Waals surface area contributed by atoms with E-state index in [0.717, 1.165) is 22.3 Å². The molecule has 4 heteroatoms. The van der Waals surface area contributed by atoms with Crippen LogP contribution in [0.2, 0.25) is 0 Å². The number of amides is 1. The van der Waals surface area contributed by atoms with Crippen LogP contribution in [0, 0.1) is 0 Å². The first kappa shape index (κ1) is 12.4. The van der Waals surface area contributed by atoms with Crippen LogP contribution in [0.5, 0.6) is 0 Å². The van der Waals surface area contributed by atoms with Crippen molar-refractivity contribution in [2.24, 2.45) is 0 Å². The van der Waals surface area contributed by atoms with Gasteiger partial charge < -0.3 is 10.4 Å². The molecule has 100 valence electrons. The van der Waals surface area contributed by atoms with Crippen molar-refractivity contribution in [1.82, 2.24) is 5.32 Å². The van der Waals surface area contributed by atoms with Gasteiger partial charge in [0.2, 0.25) is 5.91 Å². The summed E-state index contributed by atoms with van der Waals surface area (Å²) < 4.78 is 0. The first-order valence-electron chi connectivity index (χ1n) is 6.36. The highest BCUT2D eigenvalue weighted by Crippen LogP contribution is 2.44. The SMILES string of the molecule is O=C(O)CNC(=O)C1c2ccccc2-c2ccccc21. The summed E-state index contributed by atoms with van der Waals surface area (Å²) in [6.45, 7) is -0.361. The molecule has 0 fully saturated rings. The Kier molecular flexibility index (Phi) is 2.99. The number of hydrogen-bond donors (Lipinski definition) is 2. The van der Waals surface area contributed by atoms with Crippen molar-refractivity contribution in [2.45, 2.75) is 5.92 Å². The molecule has 2 aromatic rings. The van der Waals surface area contributed by atoms with Gasteiger partial charge in [0.05, 0.1) is 5.92 Å². The van der Waals surface area contributed by atoms with Gasteiger partial charge in [0.25, 0.3) is 0 Å². The van der Waals surface area contributed by atoms with Crippen LogP contribution in [-0.2, 0) is 9.59 Å². The predicted molar refractivity (Wildman–Crippen MR) is 74.4 cm³/mol. The second kappa shape index (κ2) is 4.81. The molecular weight excluding hydrogens is 254 g/mol. The average molecular weight is 267 g/mol. The maximum absolute atomic E-state index is 12.3. The van der Waals surface area contributed by atoms with E-state index in [2.05, 4.69) is 5.32 Å². The fourth-order valence-electron chi connectivity index (χ4n) is 2.70. The van der Waals surface area contributed by atoms with Crippen molar-refractivity contribution in [3.05, 3.63) is 59.7 Å². The molecular formula is C16H13NO3. The molecule has 20 heavy (non-hydrogen) atoms. The Bertz CT molecular complexity index is 648. The molecule has 2 N–H and O–H groups in total. The lowest BCUT2D eigenvalue weighted by molar-refractivity contribution is -0.138. The van der Waals surface area contributed by atoms with Gasteiger partial charge in [-0.3, -0.25) is 9.59 Å². The zero-order valence-electron chi connectivity index (χ0n) is 10.7. The monoisotopic (exact) mass is 267 g/mol. The van der Waals surface area contributed by atoms with Crippen LogP contribution in [0.25, 0.3) is 11.1 Å². The number of aliphatic carboxylic acids is 1. The summed E-state index contributed by atoms with van der Waals surface area (Å²) in [6.07, 6.45) is 0. The van der Waals surface area contributed by atoms with Crippen molar-refractivity contribution in [3.8, 4) is 11.1 Å². The van der Waals surface area contributed by atoms with Gasteiger partial charge in [-0.15, -0.1) is 0 Å². The fourth-order valence-corrected chi connectivity index (χ4v) is 2.70. The molecule has 0 radical (unpaired) electrons. The molecule has 0 bridgehead atoms. The molecule has 2 aromatic carbocycles. The molecule has 0 spiro atoms. The van der Waals surface area contributed by atoms with E-state index < -0.39 is 11.9 Å². The largest absolute Gasteiger partial charge is 0.480 e. The first-order valence-corrected chi connectivity index (χ1v) is 6.36. The Balaban J connectivity index is 2.03. The van der Waals surface area contributed by atoms with E-state index in [1.165, 1.54) is 0 Å². The maximum Gasteiger partial charge on any atom is 0.322 e. The fraction of sp³-hybridized carbons (Fsp3) is 0.125. The predicted octanol–water partition coefficient (Wildman–Crippen LogP) is 2.00. The van der Waals surface area contributed by atoms with Gasteiger partial charge >= 0.3 is 5.97 Å². The number of carboxylic acid groups (broad SMARTS) is 1. The Morgan fingerprint density at radius 1 is 0.950 bits per heavy atom. The third kappa shape index (κ3) is 1.95. The summed E-state index contributed by atoms with van der Waals surface area (Å²) in [6, 6.07) is 15.5. The van der Waals surface area contributed by atoms with Crippen molar-refractivity contribution < 1.29 is 14.7 Å². The number of benzene rings is 2. The molecule has 3 rings (SSSR count). The van der Waals surface area contributed by atoms with E-state index in [1.54, 1.807) is 0 Å². The topological polar surface area (TPSA) is 66.4 Å². The second-order valence-corrected chi connectivity index (χ2v) is 4.72. The van der Waals surface area contributed by atoms with E-state index in [9.17, 15) is 9.59 Å². The Labute approximate surface area is 116 Å². The van der Waals surface area contributed by atoms with Crippen molar-refractivity contribution in [2.75, 3.05) is 6.54 Å². The average Bonchev–Trinajstić information content (AvgIpc) is 2.79. The van der Waals surface area contributed by atoms with Crippen molar-refractivity contribution in [1.29, 1.82) is 0 Å². The Hall–Kier alpha value is -2.62. The van der Waals surface area contributed by atoms with Crippen molar-refractivity contribution >= 4 is 11.9 Å². The van der Waals surface area contributed by atoms with Crippen LogP contribution in [0.15, 0.2) is 48.5 Å². The minimum Gasteiger partial charge on any atom is -0.480 e. The molecule has 0 saturated carbocycles. The van der Waals surface area contributed by atoms with Crippen LogP contribution >= 0.6 is 0 Å². The van der Waals surface area contributed by atoms with Gasteiger partial charge in [-0.25, -0.2) is 0 Å². The van der Waals surface area contributed by atoms with Gasteiger partial charge in [-0.2, -0.15) is 0 Å². The first-order chi connectivity index (χ1) is 9.68. The number of carbonyl (C=O) groups excluding carboxylic acids is 1. The van der Waals surface area contributed by atoms with Gasteiger partial charge in [0.15, 0.2) is 0 Å². The van der Waals surface area contributed by atoms with E-state index in [0.29, 0.717) is 0 Å². The van der Waals surface area contributed by atoms with E-state index in [-0.39, 0.29) is 12.5 Å². The zero-order chi connectivity index (χ0) is 14.1. The molecule has 0 atom stereocenters. The molecule has 1 amide bonds. The molecule has 4 nitrogen and oxygen atoms in total. The van der Waals surface area contributed by atoms with Gasteiger partial charge in [-0.1, -0.05) is 48.5 Å². The van der Waals surface area contributed by atoms with Crippen LogP contribution < -0.4 is 5.32 Å². The molecule has 1 aliphatic carbocycles. The maximum atomic E-state index is 12.3. The number of hydrogen-bond acceptors (Lipinski definition) is 2. The third-order valence-electron chi connectivity index (χ3n) is 3.51. The number of nitrogens with one attached hydrogen (secondary N) is 1. The van der Waals surface area contributed by atoms with E-state index >= 15 is 0 Å². The quantitative estimate of drug-likeness (QED) is 0.893. The zero-order valence-corrected chi connectivity index (χ0v) is 10.7. The summed E-state index contributed by atoms with van der Waals surface area (Å²) in [4.78, 5) is 22.9. The van der Waals surface area contributed by atoms with Crippen molar-refractivity contribution in [3.63, 3.8) is 0 Å². The smallest absolute Gasteiger partial charge is 0.322 e. The minimum atomic E-state index is -1.04. The molecule has 1 aliphatic rings. The van der Waals surface area contributed by atoms with Crippen LogP contribution in [-0.4, -0.2) is 23.5 Å². The third-order valence-corrected chi connectivity index (χ3v) is 3.51. The summed E-state index contributed by atoms with van der Waals surface area (Å²) in [5, 5.41) is 11.1. The van der Waals surface area contributed by atoms with Crippen LogP contribution in [0.3, 0.4) is 0 Å². The number of rotatable bonds is 3. The van der Waals surface area contributed by atoms with E-state index in [4.69, 9.17) is 5.11 Å². The Morgan fingerprint density at radius 2 is 1.45 bits per heavy atom. The minimum absolute atomic E-state index is 0.273.